The first kappa shape index (κ1) is 14.9. The van der Waals surface area contributed by atoms with Crippen LogP contribution in [0.1, 0.15) is 51.4 Å². The first-order chi connectivity index (χ1) is 10.5. The number of rotatable bonds is 5. The molecule has 2 aromatic rings. The van der Waals surface area contributed by atoms with Crippen molar-refractivity contribution in [2.24, 2.45) is 5.92 Å². The van der Waals surface area contributed by atoms with Gasteiger partial charge < -0.3 is 15.0 Å². The molecule has 0 saturated heterocycles. The van der Waals surface area contributed by atoms with E-state index in [0.29, 0.717) is 24.1 Å². The maximum absolute atomic E-state index is 12.4. The third kappa shape index (κ3) is 2.67. The van der Waals surface area contributed by atoms with Crippen molar-refractivity contribution in [1.82, 2.24) is 9.55 Å². The van der Waals surface area contributed by atoms with Crippen molar-refractivity contribution in [3.05, 3.63) is 24.0 Å². The summed E-state index contributed by atoms with van der Waals surface area (Å²) >= 11 is 0. The molecule has 1 aliphatic carbocycles. The van der Waals surface area contributed by atoms with E-state index in [2.05, 4.69) is 0 Å². The van der Waals surface area contributed by atoms with E-state index in [1.165, 1.54) is 0 Å². The summed E-state index contributed by atoms with van der Waals surface area (Å²) < 4.78 is 7.41. The molecule has 1 fully saturated rings. The van der Waals surface area contributed by atoms with Crippen LogP contribution in [-0.4, -0.2) is 22.1 Å². The molecule has 2 N–H and O–H groups in total. The van der Waals surface area contributed by atoms with Crippen LogP contribution in [0.2, 0.25) is 0 Å². The number of imidazole rings is 1. The van der Waals surface area contributed by atoms with E-state index in [1.54, 1.807) is 0 Å². The molecule has 5 heteroatoms. The second-order valence-corrected chi connectivity index (χ2v) is 6.53. The minimum absolute atomic E-state index is 0.211. The molecular formula is C17H23N3O2. The van der Waals surface area contributed by atoms with Crippen molar-refractivity contribution in [1.29, 1.82) is 0 Å². The van der Waals surface area contributed by atoms with Crippen molar-refractivity contribution >= 4 is 22.7 Å². The lowest BCUT2D eigenvalue weighted by atomic mass is 10.2. The Kier molecular flexibility index (Phi) is 3.81. The van der Waals surface area contributed by atoms with Crippen LogP contribution < -0.4 is 5.73 Å². The van der Waals surface area contributed by atoms with Gasteiger partial charge in [-0.3, -0.25) is 0 Å². The second kappa shape index (κ2) is 5.63. The standard InChI is InChI=1S/C17H23N3O2/c1-10(2)9-22-17(21)11(3)20-14-6-4-5-13(18)15(14)19-16(20)12-7-8-12/h4-6,10-12H,7-9,18H2,1-3H3. The van der Waals surface area contributed by atoms with Crippen LogP contribution in [0, 0.1) is 5.92 Å². The lowest BCUT2D eigenvalue weighted by molar-refractivity contribution is -0.148. The van der Waals surface area contributed by atoms with Crippen molar-refractivity contribution in [2.75, 3.05) is 12.3 Å². The quantitative estimate of drug-likeness (QED) is 0.680. The van der Waals surface area contributed by atoms with E-state index >= 15 is 0 Å². The fraction of sp³-hybridized carbons (Fsp3) is 0.529. The number of carbonyl (C=O) groups is 1. The zero-order chi connectivity index (χ0) is 15.9. The van der Waals surface area contributed by atoms with Gasteiger partial charge in [0.05, 0.1) is 17.8 Å². The molecule has 1 aromatic heterocycles. The van der Waals surface area contributed by atoms with Crippen molar-refractivity contribution in [3.63, 3.8) is 0 Å². The molecule has 1 aromatic carbocycles. The number of carbonyl (C=O) groups excluding carboxylic acids is 1. The molecular weight excluding hydrogens is 278 g/mol. The van der Waals surface area contributed by atoms with E-state index in [-0.39, 0.29) is 12.0 Å². The van der Waals surface area contributed by atoms with E-state index in [0.717, 1.165) is 29.7 Å². The lowest BCUT2D eigenvalue weighted by Crippen LogP contribution is -2.22. The normalized spacial score (nSPS) is 16.2. The van der Waals surface area contributed by atoms with Crippen molar-refractivity contribution in [3.8, 4) is 0 Å². The van der Waals surface area contributed by atoms with E-state index in [9.17, 15) is 4.79 Å². The zero-order valence-corrected chi connectivity index (χ0v) is 13.4. The molecule has 22 heavy (non-hydrogen) atoms. The highest BCUT2D eigenvalue weighted by Gasteiger charge is 2.33. The number of ether oxygens (including phenoxy) is 1. The minimum Gasteiger partial charge on any atom is -0.464 e. The number of fused-ring (bicyclic) bond motifs is 1. The summed E-state index contributed by atoms with van der Waals surface area (Å²) in [6, 6.07) is 5.33. The fourth-order valence-electron chi connectivity index (χ4n) is 2.67. The van der Waals surface area contributed by atoms with E-state index in [1.807, 2.05) is 43.5 Å². The Morgan fingerprint density at radius 3 is 2.77 bits per heavy atom. The van der Waals surface area contributed by atoms with Crippen LogP contribution >= 0.6 is 0 Å². The monoisotopic (exact) mass is 301 g/mol. The maximum Gasteiger partial charge on any atom is 0.328 e. The number of anilines is 1. The van der Waals surface area contributed by atoms with Crippen LogP contribution in [0.3, 0.4) is 0 Å². The number of aromatic nitrogens is 2. The fourth-order valence-corrected chi connectivity index (χ4v) is 2.67. The van der Waals surface area contributed by atoms with Gasteiger partial charge in [0.15, 0.2) is 0 Å². The van der Waals surface area contributed by atoms with Gasteiger partial charge in [-0.1, -0.05) is 19.9 Å². The summed E-state index contributed by atoms with van der Waals surface area (Å²) in [5.74, 6) is 1.51. The smallest absolute Gasteiger partial charge is 0.328 e. The molecule has 0 spiro atoms. The van der Waals surface area contributed by atoms with Crippen LogP contribution in [0.15, 0.2) is 18.2 Å². The van der Waals surface area contributed by atoms with Gasteiger partial charge in [-0.2, -0.15) is 0 Å². The average Bonchev–Trinajstić information content (AvgIpc) is 3.25. The number of benzene rings is 1. The topological polar surface area (TPSA) is 70.1 Å². The summed E-state index contributed by atoms with van der Waals surface area (Å²) in [7, 11) is 0. The lowest BCUT2D eigenvalue weighted by Gasteiger charge is -2.17. The number of esters is 1. The molecule has 3 rings (SSSR count). The van der Waals surface area contributed by atoms with E-state index < -0.39 is 0 Å². The molecule has 1 heterocycles. The first-order valence-corrected chi connectivity index (χ1v) is 7.92. The predicted octanol–water partition coefficient (Wildman–Crippen LogP) is 3.26. The summed E-state index contributed by atoms with van der Waals surface area (Å²) in [6.45, 7) is 6.37. The number of para-hydroxylation sites is 1. The Morgan fingerprint density at radius 1 is 1.41 bits per heavy atom. The van der Waals surface area contributed by atoms with Gasteiger partial charge in [-0.25, -0.2) is 9.78 Å². The largest absolute Gasteiger partial charge is 0.464 e. The Morgan fingerprint density at radius 2 is 2.14 bits per heavy atom. The Hall–Kier alpha value is -2.04. The SMILES string of the molecule is CC(C)COC(=O)C(C)n1c(C2CC2)nc2c(N)cccc21. The summed E-state index contributed by atoms with van der Waals surface area (Å²) in [6.07, 6.45) is 2.24. The van der Waals surface area contributed by atoms with Crippen LogP contribution in [0.5, 0.6) is 0 Å². The van der Waals surface area contributed by atoms with Gasteiger partial charge in [0, 0.05) is 5.92 Å². The van der Waals surface area contributed by atoms with Gasteiger partial charge in [0.2, 0.25) is 0 Å². The zero-order valence-electron chi connectivity index (χ0n) is 13.4. The molecule has 5 nitrogen and oxygen atoms in total. The maximum atomic E-state index is 12.4. The van der Waals surface area contributed by atoms with Crippen LogP contribution in [0.25, 0.3) is 11.0 Å². The average molecular weight is 301 g/mol. The molecule has 1 saturated carbocycles. The molecule has 1 atom stereocenters. The van der Waals surface area contributed by atoms with Gasteiger partial charge in [0.25, 0.3) is 0 Å². The highest BCUT2D eigenvalue weighted by Crippen LogP contribution is 2.42. The summed E-state index contributed by atoms with van der Waals surface area (Å²) in [4.78, 5) is 17.1. The molecule has 0 amide bonds. The van der Waals surface area contributed by atoms with E-state index in [4.69, 9.17) is 15.5 Å². The third-order valence-corrected chi connectivity index (χ3v) is 4.01. The molecule has 1 aliphatic rings. The highest BCUT2D eigenvalue weighted by atomic mass is 16.5. The van der Waals surface area contributed by atoms with Gasteiger partial charge in [0.1, 0.15) is 17.4 Å². The van der Waals surface area contributed by atoms with Crippen molar-refractivity contribution in [2.45, 2.75) is 45.6 Å². The molecule has 118 valence electrons. The van der Waals surface area contributed by atoms with Gasteiger partial charge in [-0.15, -0.1) is 0 Å². The first-order valence-electron chi connectivity index (χ1n) is 7.92. The Labute approximate surface area is 130 Å². The number of nitrogen functional groups attached to an aromatic ring is 1. The molecule has 0 aliphatic heterocycles. The molecule has 0 bridgehead atoms. The second-order valence-electron chi connectivity index (χ2n) is 6.53. The highest BCUT2D eigenvalue weighted by molar-refractivity contribution is 5.89. The Balaban J connectivity index is 1.99. The van der Waals surface area contributed by atoms with Crippen molar-refractivity contribution < 1.29 is 9.53 Å². The number of nitrogens with two attached hydrogens (primary N) is 1. The van der Waals surface area contributed by atoms with Gasteiger partial charge >= 0.3 is 5.97 Å². The Bertz CT molecular complexity index is 701. The molecule has 1 unspecified atom stereocenters. The third-order valence-electron chi connectivity index (χ3n) is 4.01. The summed E-state index contributed by atoms with van der Waals surface area (Å²) in [5, 5.41) is 0. The number of hydrogen-bond donors (Lipinski definition) is 1. The number of nitrogens with zero attached hydrogens (tertiary/aromatic N) is 2. The number of hydrogen-bond acceptors (Lipinski definition) is 4. The summed E-state index contributed by atoms with van der Waals surface area (Å²) in [5.41, 5.74) is 8.39. The predicted molar refractivity (Wildman–Crippen MR) is 86.6 cm³/mol. The van der Waals surface area contributed by atoms with Gasteiger partial charge in [-0.05, 0) is 37.8 Å². The molecule has 0 radical (unpaired) electrons. The minimum atomic E-state index is -0.388. The van der Waals surface area contributed by atoms with Crippen LogP contribution in [-0.2, 0) is 9.53 Å². The van der Waals surface area contributed by atoms with Crippen LogP contribution in [0.4, 0.5) is 5.69 Å².